The van der Waals surface area contributed by atoms with Crippen molar-refractivity contribution in [2.75, 3.05) is 0 Å². The second-order valence-corrected chi connectivity index (χ2v) is 13.9. The van der Waals surface area contributed by atoms with Gasteiger partial charge in [-0.15, -0.1) is 6.42 Å². The fourth-order valence-electron chi connectivity index (χ4n) is 2.50. The summed E-state index contributed by atoms with van der Waals surface area (Å²) in [6.07, 6.45) is 8.80. The van der Waals surface area contributed by atoms with E-state index in [2.05, 4.69) is 78.9 Å². The average Bonchev–Trinajstić information content (AvgIpc) is 3.02. The van der Waals surface area contributed by atoms with Crippen molar-refractivity contribution in [2.24, 2.45) is 0 Å². The second-order valence-electron chi connectivity index (χ2n) is 6.70. The minimum Gasteiger partial charge on any atom is -1.00 e. The first-order valence-electron chi connectivity index (χ1n) is 8.04. The fraction of sp³-hybridized carbons (Fsp3) is 0.200. The van der Waals surface area contributed by atoms with Crippen LogP contribution in [-0.2, 0) is 17.4 Å². The monoisotopic (exact) mass is 459 g/mol. The van der Waals surface area contributed by atoms with Crippen LogP contribution in [0.15, 0.2) is 78.0 Å². The molecule has 0 fully saturated rings. The fourth-order valence-corrected chi connectivity index (χ4v) is 5.54. The van der Waals surface area contributed by atoms with Crippen molar-refractivity contribution in [3.05, 3.63) is 84.1 Å². The van der Waals surface area contributed by atoms with Gasteiger partial charge in [-0.05, 0) is 19.6 Å². The SMILES string of the molecule is C[Si](C)(C)O.[C-]1=C([SiH](c2ccccc2)c2ccccc2)CC=C1.[Cl-].[Cl-].[Cr+3]. The Morgan fingerprint density at radius 2 is 1.23 bits per heavy atom. The van der Waals surface area contributed by atoms with Gasteiger partial charge in [-0.2, -0.15) is 5.20 Å². The second kappa shape index (κ2) is 13.6. The summed E-state index contributed by atoms with van der Waals surface area (Å²) >= 11 is 0. The molecule has 0 bridgehead atoms. The van der Waals surface area contributed by atoms with Crippen LogP contribution in [-0.4, -0.2) is 21.9 Å². The van der Waals surface area contributed by atoms with Gasteiger partial charge in [-0.1, -0.05) is 71.0 Å². The molecule has 0 atom stereocenters. The van der Waals surface area contributed by atoms with Gasteiger partial charge in [0.25, 0.3) is 0 Å². The third-order valence-electron chi connectivity index (χ3n) is 3.34. The van der Waals surface area contributed by atoms with Crippen molar-refractivity contribution in [3.8, 4) is 0 Å². The van der Waals surface area contributed by atoms with Crippen LogP contribution < -0.4 is 35.2 Å². The largest absolute Gasteiger partial charge is 3.00 e. The van der Waals surface area contributed by atoms with Gasteiger partial charge in [0.15, 0.2) is 8.32 Å². The molecular weight excluding hydrogens is 435 g/mol. The molecule has 2 aromatic rings. The standard InChI is InChI=1S/C17H15Si.C3H10OSi.2ClH.Cr/c1-3-9-15(10-4-1)18(17-13-7-8-14-17)16-11-5-2-6-12-16;1-5(2,3)4;;;/h1-12,18H,13H2;4H,1-3H3;2*1H;/q-1;;;;+3/p-2. The summed E-state index contributed by atoms with van der Waals surface area (Å²) in [5.74, 6) is 0. The van der Waals surface area contributed by atoms with Crippen molar-refractivity contribution < 1.29 is 47.0 Å². The number of hydrogen-bond acceptors (Lipinski definition) is 1. The van der Waals surface area contributed by atoms with E-state index in [1.54, 1.807) is 0 Å². The topological polar surface area (TPSA) is 20.2 Å². The maximum atomic E-state index is 8.66. The van der Waals surface area contributed by atoms with Crippen molar-refractivity contribution in [3.63, 3.8) is 0 Å². The molecule has 1 nitrogen and oxygen atoms in total. The molecule has 1 N–H and O–H groups in total. The van der Waals surface area contributed by atoms with Crippen molar-refractivity contribution in [2.45, 2.75) is 26.1 Å². The number of rotatable bonds is 3. The summed E-state index contributed by atoms with van der Waals surface area (Å²) in [6, 6.07) is 21.8. The zero-order chi connectivity index (χ0) is 16.7. The Bertz CT molecular complexity index is 626. The average molecular weight is 460 g/mol. The van der Waals surface area contributed by atoms with Crippen LogP contribution in [0.1, 0.15) is 6.42 Å². The molecule has 3 rings (SSSR count). The summed E-state index contributed by atoms with van der Waals surface area (Å²) in [7, 11) is -2.87. The van der Waals surface area contributed by atoms with Gasteiger partial charge in [-0.3, -0.25) is 6.08 Å². The van der Waals surface area contributed by atoms with Gasteiger partial charge in [0.05, 0.1) is 0 Å². The minimum atomic E-state index is -1.61. The van der Waals surface area contributed by atoms with E-state index in [4.69, 9.17) is 4.80 Å². The van der Waals surface area contributed by atoms with Gasteiger partial charge in [0.2, 0.25) is 0 Å². The minimum absolute atomic E-state index is 0. The van der Waals surface area contributed by atoms with Crippen LogP contribution in [0, 0.1) is 6.08 Å². The molecule has 0 unspecified atom stereocenters. The molecular formula is C20H25Cl2CrOSi2. The number of benzene rings is 2. The Hall–Kier alpha value is -0.574. The molecule has 0 saturated heterocycles. The van der Waals surface area contributed by atoms with Crippen molar-refractivity contribution in [1.82, 2.24) is 0 Å². The van der Waals surface area contributed by atoms with E-state index in [1.807, 2.05) is 19.6 Å². The molecule has 0 heterocycles. The molecule has 0 aliphatic heterocycles. The molecule has 6 heteroatoms. The molecule has 2 aromatic carbocycles. The maximum Gasteiger partial charge on any atom is 3.00 e. The Balaban J connectivity index is 0. The van der Waals surface area contributed by atoms with E-state index in [-0.39, 0.29) is 42.2 Å². The normalized spacial score (nSPS) is 12.0. The molecule has 1 aliphatic rings. The van der Waals surface area contributed by atoms with Gasteiger partial charge in [0, 0.05) is 0 Å². The molecule has 139 valence electrons. The molecule has 26 heavy (non-hydrogen) atoms. The van der Waals surface area contributed by atoms with E-state index in [0.29, 0.717) is 0 Å². The number of hydrogen-bond donors (Lipinski definition) is 1. The first-order valence-corrected chi connectivity index (χ1v) is 13.2. The van der Waals surface area contributed by atoms with E-state index >= 15 is 0 Å². The predicted molar refractivity (Wildman–Crippen MR) is 105 cm³/mol. The molecule has 0 saturated carbocycles. The molecule has 1 radical (unpaired) electrons. The van der Waals surface area contributed by atoms with Crippen molar-refractivity contribution >= 4 is 27.5 Å². The van der Waals surface area contributed by atoms with E-state index in [0.717, 1.165) is 6.42 Å². The molecule has 0 amide bonds. The third kappa shape index (κ3) is 9.94. The Morgan fingerprint density at radius 1 is 0.846 bits per heavy atom. The summed E-state index contributed by atoms with van der Waals surface area (Å²) in [5, 5.41) is 4.46. The van der Waals surface area contributed by atoms with Gasteiger partial charge in [-0.25, -0.2) is 12.2 Å². The first kappa shape index (κ1) is 27.6. The van der Waals surface area contributed by atoms with Crippen molar-refractivity contribution in [1.29, 1.82) is 0 Å². The maximum absolute atomic E-state index is 8.66. The van der Waals surface area contributed by atoms with Crippen LogP contribution in [0.4, 0.5) is 0 Å². The van der Waals surface area contributed by atoms with Crippen LogP contribution in [0.3, 0.4) is 0 Å². The molecule has 0 spiro atoms. The zero-order valence-corrected chi connectivity index (χ0v) is 20.3. The van der Waals surface area contributed by atoms with Gasteiger partial charge in [0.1, 0.15) is 8.80 Å². The molecule has 0 aromatic heterocycles. The molecule has 1 aliphatic carbocycles. The summed E-state index contributed by atoms with van der Waals surface area (Å²) in [4.78, 5) is 8.66. The van der Waals surface area contributed by atoms with Gasteiger partial charge < -0.3 is 29.6 Å². The summed E-state index contributed by atoms with van der Waals surface area (Å²) < 4.78 is 0. The van der Waals surface area contributed by atoms with E-state index in [1.165, 1.54) is 15.6 Å². The van der Waals surface area contributed by atoms with Crippen LogP contribution >= 0.6 is 0 Å². The smallest absolute Gasteiger partial charge is 1.00 e. The Morgan fingerprint density at radius 3 is 1.54 bits per heavy atom. The predicted octanol–water partition coefficient (Wildman–Crippen LogP) is -2.92. The Kier molecular flexibility index (Phi) is 14.4. The number of allylic oxidation sites excluding steroid dienone is 4. The van der Waals surface area contributed by atoms with E-state index < -0.39 is 17.1 Å². The summed E-state index contributed by atoms with van der Waals surface area (Å²) in [5.41, 5.74) is 0. The zero-order valence-electron chi connectivity index (χ0n) is 15.3. The first-order chi connectivity index (χ1) is 10.9. The van der Waals surface area contributed by atoms with Crippen LogP contribution in [0.5, 0.6) is 0 Å². The van der Waals surface area contributed by atoms with E-state index in [9.17, 15) is 0 Å². The van der Waals surface area contributed by atoms with Crippen LogP contribution in [0.25, 0.3) is 0 Å². The van der Waals surface area contributed by atoms with Gasteiger partial charge >= 0.3 is 17.4 Å². The number of halogens is 2. The third-order valence-corrected chi connectivity index (χ3v) is 6.54. The summed E-state index contributed by atoms with van der Waals surface area (Å²) in [6.45, 7) is 5.65. The quantitative estimate of drug-likeness (QED) is 0.385. The van der Waals surface area contributed by atoms with Crippen LogP contribution in [0.2, 0.25) is 19.6 Å². The Labute approximate surface area is 183 Å².